The highest BCUT2D eigenvalue weighted by molar-refractivity contribution is 14.1. The second-order valence-corrected chi connectivity index (χ2v) is 13.2. The van der Waals surface area contributed by atoms with E-state index in [4.69, 9.17) is 9.47 Å². The van der Waals surface area contributed by atoms with Crippen LogP contribution in [0.25, 0.3) is 0 Å². The topological polar surface area (TPSA) is 55.8 Å². The van der Waals surface area contributed by atoms with E-state index in [0.29, 0.717) is 13.0 Å². The molecule has 6 heteroatoms. The fourth-order valence-electron chi connectivity index (χ4n) is 2.23. The summed E-state index contributed by atoms with van der Waals surface area (Å²) in [6.07, 6.45) is -0.331. The standard InChI is InChI=1S/C19H27IO4Si/c1-19(18(22)23-2,15-7-6-8-16(20)13-15)10-11-24-14-17(21)9-12-25(3,4)5/h6-8,13,17,21H,10-11,14H2,1-5H3. The fraction of sp³-hybridized carbons (Fsp3) is 0.526. The van der Waals surface area contributed by atoms with Crippen LogP contribution in [0.3, 0.4) is 0 Å². The Bertz CT molecular complexity index is 645. The van der Waals surface area contributed by atoms with Crippen LogP contribution in [0.2, 0.25) is 19.6 Å². The summed E-state index contributed by atoms with van der Waals surface area (Å²) >= 11 is 2.22. The van der Waals surface area contributed by atoms with Gasteiger partial charge in [0.05, 0.1) is 19.1 Å². The summed E-state index contributed by atoms with van der Waals surface area (Å²) in [7, 11) is -0.111. The molecule has 0 radical (unpaired) electrons. The SMILES string of the molecule is COC(=O)C(C)(CCOCC(O)C#C[Si](C)(C)C)c1cccc(I)c1. The number of rotatable bonds is 7. The molecule has 0 spiro atoms. The van der Waals surface area contributed by atoms with Crippen LogP contribution < -0.4 is 0 Å². The van der Waals surface area contributed by atoms with E-state index in [1.54, 1.807) is 0 Å². The van der Waals surface area contributed by atoms with E-state index in [2.05, 4.69) is 53.7 Å². The van der Waals surface area contributed by atoms with E-state index in [1.165, 1.54) is 7.11 Å². The molecule has 4 nitrogen and oxygen atoms in total. The molecule has 0 aliphatic heterocycles. The van der Waals surface area contributed by atoms with Gasteiger partial charge in [0.25, 0.3) is 0 Å². The molecule has 0 saturated heterocycles. The van der Waals surface area contributed by atoms with E-state index in [0.717, 1.165) is 9.13 Å². The number of carbonyl (C=O) groups excluding carboxylic acids is 1. The third-order valence-corrected chi connectivity index (χ3v) is 5.30. The molecule has 0 aromatic heterocycles. The van der Waals surface area contributed by atoms with Crippen LogP contribution in [-0.4, -0.2) is 45.6 Å². The first-order valence-electron chi connectivity index (χ1n) is 8.21. The molecule has 2 atom stereocenters. The summed E-state index contributed by atoms with van der Waals surface area (Å²) < 4.78 is 11.6. The van der Waals surface area contributed by atoms with Gasteiger partial charge in [0.1, 0.15) is 14.2 Å². The first-order chi connectivity index (χ1) is 11.6. The number of aliphatic hydroxyl groups is 1. The molecular formula is C19H27IO4Si. The Morgan fingerprint density at radius 2 is 2.08 bits per heavy atom. The van der Waals surface area contributed by atoms with Crippen LogP contribution in [0.15, 0.2) is 24.3 Å². The lowest BCUT2D eigenvalue weighted by atomic mass is 9.80. The van der Waals surface area contributed by atoms with Gasteiger partial charge in [-0.25, -0.2) is 0 Å². The van der Waals surface area contributed by atoms with Crippen LogP contribution in [0.1, 0.15) is 18.9 Å². The highest BCUT2D eigenvalue weighted by Gasteiger charge is 2.36. The first kappa shape index (κ1) is 22.2. The average Bonchev–Trinajstić information content (AvgIpc) is 2.55. The van der Waals surface area contributed by atoms with Crippen molar-refractivity contribution in [1.29, 1.82) is 0 Å². The van der Waals surface area contributed by atoms with Gasteiger partial charge in [-0.15, -0.1) is 5.54 Å². The molecule has 0 bridgehead atoms. The predicted molar refractivity (Wildman–Crippen MR) is 111 cm³/mol. The molecule has 138 valence electrons. The Kier molecular flexibility index (Phi) is 8.61. The molecule has 25 heavy (non-hydrogen) atoms. The van der Waals surface area contributed by atoms with Gasteiger partial charge in [-0.05, 0) is 53.6 Å². The summed E-state index contributed by atoms with van der Waals surface area (Å²) in [5.74, 6) is 2.55. The third-order valence-electron chi connectivity index (χ3n) is 3.73. The normalized spacial score (nSPS) is 14.8. The number of aliphatic hydroxyl groups excluding tert-OH is 1. The van der Waals surface area contributed by atoms with Crippen molar-refractivity contribution in [3.8, 4) is 11.5 Å². The van der Waals surface area contributed by atoms with Crippen LogP contribution in [0.5, 0.6) is 0 Å². The Labute approximate surface area is 165 Å². The molecular weight excluding hydrogens is 447 g/mol. The van der Waals surface area contributed by atoms with Crippen molar-refractivity contribution in [2.45, 2.75) is 44.5 Å². The quantitative estimate of drug-likeness (QED) is 0.217. The first-order valence-corrected chi connectivity index (χ1v) is 12.8. The third kappa shape index (κ3) is 7.48. The lowest BCUT2D eigenvalue weighted by Gasteiger charge is -2.27. The van der Waals surface area contributed by atoms with Crippen molar-refractivity contribution in [1.82, 2.24) is 0 Å². The van der Waals surface area contributed by atoms with Crippen molar-refractivity contribution in [2.24, 2.45) is 0 Å². The van der Waals surface area contributed by atoms with Crippen molar-refractivity contribution in [3.05, 3.63) is 33.4 Å². The van der Waals surface area contributed by atoms with Crippen LogP contribution >= 0.6 is 22.6 Å². The van der Waals surface area contributed by atoms with E-state index in [9.17, 15) is 9.90 Å². The molecule has 0 amide bonds. The molecule has 0 aliphatic carbocycles. The van der Waals surface area contributed by atoms with Gasteiger partial charge in [-0.2, -0.15) is 0 Å². The molecule has 1 aromatic rings. The average molecular weight is 474 g/mol. The molecule has 0 saturated carbocycles. The fourth-order valence-corrected chi connectivity index (χ4v) is 3.38. The summed E-state index contributed by atoms with van der Waals surface area (Å²) in [5.41, 5.74) is 3.23. The molecule has 0 heterocycles. The zero-order valence-electron chi connectivity index (χ0n) is 15.6. The summed E-state index contributed by atoms with van der Waals surface area (Å²) in [6.45, 7) is 8.70. The van der Waals surface area contributed by atoms with Gasteiger partial charge in [-0.1, -0.05) is 37.7 Å². The summed E-state index contributed by atoms with van der Waals surface area (Å²) in [5, 5.41) is 9.88. The second kappa shape index (κ2) is 9.71. The second-order valence-electron chi connectivity index (χ2n) is 7.19. The van der Waals surface area contributed by atoms with Gasteiger partial charge >= 0.3 is 5.97 Å². The highest BCUT2D eigenvalue weighted by atomic mass is 127. The van der Waals surface area contributed by atoms with Crippen molar-refractivity contribution < 1.29 is 19.4 Å². The van der Waals surface area contributed by atoms with Crippen molar-refractivity contribution in [3.63, 3.8) is 0 Å². The summed E-state index contributed by atoms with van der Waals surface area (Å²) in [6, 6.07) is 7.81. The van der Waals surface area contributed by atoms with Crippen LogP contribution in [0, 0.1) is 15.0 Å². The molecule has 2 unspecified atom stereocenters. The number of benzene rings is 1. The predicted octanol–water partition coefficient (Wildman–Crippen LogP) is 3.37. The number of hydrogen-bond donors (Lipinski definition) is 1. The van der Waals surface area contributed by atoms with E-state index >= 15 is 0 Å². The van der Waals surface area contributed by atoms with Gasteiger partial charge in [0.2, 0.25) is 0 Å². The summed E-state index contributed by atoms with van der Waals surface area (Å²) in [4.78, 5) is 12.3. The van der Waals surface area contributed by atoms with Gasteiger partial charge in [0, 0.05) is 10.2 Å². The van der Waals surface area contributed by atoms with Gasteiger partial charge in [0.15, 0.2) is 0 Å². The molecule has 1 rings (SSSR count). The van der Waals surface area contributed by atoms with E-state index in [1.807, 2.05) is 31.2 Å². The Balaban J connectivity index is 2.69. The molecule has 0 fully saturated rings. The van der Waals surface area contributed by atoms with Crippen LogP contribution in [-0.2, 0) is 19.7 Å². The highest BCUT2D eigenvalue weighted by Crippen LogP contribution is 2.30. The van der Waals surface area contributed by atoms with Gasteiger partial charge < -0.3 is 14.6 Å². The van der Waals surface area contributed by atoms with Crippen LogP contribution in [0.4, 0.5) is 0 Å². The smallest absolute Gasteiger partial charge is 0.316 e. The molecule has 1 aromatic carbocycles. The lowest BCUT2D eigenvalue weighted by Crippen LogP contribution is -2.35. The number of esters is 1. The number of halogens is 1. The minimum absolute atomic E-state index is 0.140. The monoisotopic (exact) mass is 474 g/mol. The maximum atomic E-state index is 12.3. The van der Waals surface area contributed by atoms with E-state index in [-0.39, 0.29) is 12.6 Å². The van der Waals surface area contributed by atoms with E-state index < -0.39 is 19.6 Å². The van der Waals surface area contributed by atoms with Crippen molar-refractivity contribution >= 4 is 36.6 Å². The number of ether oxygens (including phenoxy) is 2. The zero-order valence-corrected chi connectivity index (χ0v) is 18.7. The number of hydrogen-bond acceptors (Lipinski definition) is 4. The largest absolute Gasteiger partial charge is 0.468 e. The molecule has 1 N–H and O–H groups in total. The Hall–Kier alpha value is -0.883. The molecule has 0 aliphatic rings. The Morgan fingerprint density at radius 1 is 1.40 bits per heavy atom. The minimum atomic E-state index is -1.51. The number of methoxy groups -OCH3 is 1. The Morgan fingerprint density at radius 3 is 2.64 bits per heavy atom. The minimum Gasteiger partial charge on any atom is -0.468 e. The number of carbonyl (C=O) groups is 1. The zero-order chi connectivity index (χ0) is 19.1. The van der Waals surface area contributed by atoms with Crippen molar-refractivity contribution in [2.75, 3.05) is 20.3 Å². The maximum Gasteiger partial charge on any atom is 0.316 e. The lowest BCUT2D eigenvalue weighted by molar-refractivity contribution is -0.147. The van der Waals surface area contributed by atoms with Gasteiger partial charge in [-0.3, -0.25) is 4.79 Å². The maximum absolute atomic E-state index is 12.3.